The summed E-state index contributed by atoms with van der Waals surface area (Å²) in [6.07, 6.45) is 2.94. The maximum atomic E-state index is 12.9. The first kappa shape index (κ1) is 22.7. The van der Waals surface area contributed by atoms with Gasteiger partial charge in [0.1, 0.15) is 6.17 Å². The quantitative estimate of drug-likeness (QED) is 0.658. The summed E-state index contributed by atoms with van der Waals surface area (Å²) < 4.78 is 13.9. The molecule has 1 aliphatic carbocycles. The summed E-state index contributed by atoms with van der Waals surface area (Å²) in [6, 6.07) is 7.94. The van der Waals surface area contributed by atoms with Crippen LogP contribution in [0.15, 0.2) is 36.7 Å². The molecule has 1 N–H and O–H groups in total. The maximum Gasteiger partial charge on any atom is 0.232 e. The lowest BCUT2D eigenvalue weighted by Gasteiger charge is -2.04. The maximum absolute atomic E-state index is 12.9. The van der Waals surface area contributed by atoms with Crippen LogP contribution in [0.25, 0.3) is 21.3 Å². The van der Waals surface area contributed by atoms with E-state index in [4.69, 9.17) is 0 Å². The van der Waals surface area contributed by atoms with Gasteiger partial charge in [-0.2, -0.15) is 27.0 Å². The third-order valence-electron chi connectivity index (χ3n) is 4.02. The van der Waals surface area contributed by atoms with Crippen molar-refractivity contribution >= 4 is 72.0 Å². The first-order valence-corrected chi connectivity index (χ1v) is 8.20. The number of fused-ring (bicyclic) bond motifs is 1. The molecular weight excluding hydrogens is 413 g/mol. The van der Waals surface area contributed by atoms with Crippen LogP contribution in [0, 0.1) is 12.8 Å². The molecule has 0 aliphatic heterocycles. The van der Waals surface area contributed by atoms with Gasteiger partial charge in [-0.25, -0.2) is 9.37 Å². The second-order valence-electron chi connectivity index (χ2n) is 5.74. The van der Waals surface area contributed by atoms with Crippen molar-refractivity contribution in [3.05, 3.63) is 42.2 Å². The monoisotopic (exact) mass is 431 g/mol. The van der Waals surface area contributed by atoms with E-state index in [-0.39, 0.29) is 45.3 Å². The zero-order valence-electron chi connectivity index (χ0n) is 13.8. The summed E-state index contributed by atoms with van der Waals surface area (Å²) in [5, 5.41) is 3.23. The zero-order chi connectivity index (χ0) is 16.0. The van der Waals surface area contributed by atoms with Crippen molar-refractivity contribution in [3.8, 4) is 11.1 Å². The van der Waals surface area contributed by atoms with Gasteiger partial charge >= 0.3 is 0 Å². The second kappa shape index (κ2) is 9.03. The molecule has 1 aliphatic rings. The normalized spacial score (nSPS) is 17.5. The molecule has 0 saturated heterocycles. The molecule has 2 atom stereocenters. The number of halogens is 2. The van der Waals surface area contributed by atoms with E-state index in [9.17, 15) is 9.18 Å². The van der Waals surface area contributed by atoms with E-state index in [0.29, 0.717) is 11.6 Å². The third-order valence-corrected chi connectivity index (χ3v) is 4.95. The van der Waals surface area contributed by atoms with Crippen LogP contribution in [0.5, 0.6) is 0 Å². The Morgan fingerprint density at radius 1 is 1.31 bits per heavy atom. The Labute approximate surface area is 174 Å². The van der Waals surface area contributed by atoms with Gasteiger partial charge in [-0.05, 0) is 42.7 Å². The van der Waals surface area contributed by atoms with Crippen LogP contribution < -0.4 is 5.32 Å². The average Bonchev–Trinajstić information content (AvgIpc) is 3.13. The van der Waals surface area contributed by atoms with Crippen molar-refractivity contribution in [2.24, 2.45) is 5.92 Å². The highest BCUT2D eigenvalue weighted by atomic mass is 35.5. The van der Waals surface area contributed by atoms with Crippen molar-refractivity contribution in [2.75, 3.05) is 5.32 Å². The summed E-state index contributed by atoms with van der Waals surface area (Å²) in [4.78, 5) is 20.4. The number of anilines is 1. The topological polar surface area (TPSA) is 54.9 Å². The Morgan fingerprint density at radius 3 is 2.69 bits per heavy atom. The van der Waals surface area contributed by atoms with Gasteiger partial charge in [0.15, 0.2) is 5.13 Å². The first-order valence-electron chi connectivity index (χ1n) is 7.38. The molecular formula is C17H19ClFN3OS3. The van der Waals surface area contributed by atoms with E-state index in [1.54, 1.807) is 6.20 Å². The van der Waals surface area contributed by atoms with Crippen molar-refractivity contribution in [1.82, 2.24) is 9.97 Å². The lowest BCUT2D eigenvalue weighted by Crippen LogP contribution is -2.14. The molecule has 2 heterocycles. The Bertz CT molecular complexity index is 921. The number of nitrogens with one attached hydrogen (secondary N) is 1. The van der Waals surface area contributed by atoms with Crippen LogP contribution in [0.1, 0.15) is 12.0 Å². The smallest absolute Gasteiger partial charge is 0.232 e. The van der Waals surface area contributed by atoms with E-state index in [2.05, 4.69) is 15.3 Å². The first-order chi connectivity index (χ1) is 11.1. The third kappa shape index (κ3) is 4.49. The molecule has 0 bridgehead atoms. The predicted molar refractivity (Wildman–Crippen MR) is 117 cm³/mol. The van der Waals surface area contributed by atoms with Gasteiger partial charge in [0, 0.05) is 18.0 Å². The molecule has 1 saturated carbocycles. The van der Waals surface area contributed by atoms with Crippen LogP contribution in [-0.2, 0) is 4.79 Å². The van der Waals surface area contributed by atoms with Crippen molar-refractivity contribution in [3.63, 3.8) is 0 Å². The molecule has 3 aromatic rings. The largest absolute Gasteiger partial charge is 0.302 e. The summed E-state index contributed by atoms with van der Waals surface area (Å²) in [5.41, 5.74) is 4.12. The van der Waals surface area contributed by atoms with E-state index in [1.165, 1.54) is 11.3 Å². The minimum atomic E-state index is -0.996. The van der Waals surface area contributed by atoms with Gasteiger partial charge in [0.25, 0.3) is 0 Å². The second-order valence-corrected chi connectivity index (χ2v) is 6.77. The van der Waals surface area contributed by atoms with Crippen LogP contribution >= 0.6 is 50.7 Å². The highest BCUT2D eigenvalue weighted by Crippen LogP contribution is 2.36. The van der Waals surface area contributed by atoms with Crippen LogP contribution in [-0.4, -0.2) is 22.0 Å². The fourth-order valence-electron chi connectivity index (χ4n) is 2.55. The number of amides is 1. The number of carbonyl (C=O) groups excluding carboxylic acids is 1. The molecule has 2 aromatic heterocycles. The number of alkyl halides is 1. The molecule has 0 radical (unpaired) electrons. The van der Waals surface area contributed by atoms with Gasteiger partial charge in [-0.1, -0.05) is 17.4 Å². The molecule has 0 unspecified atom stereocenters. The number of aryl methyl sites for hydroxylation is 1. The van der Waals surface area contributed by atoms with E-state index in [1.807, 2.05) is 37.4 Å². The Morgan fingerprint density at radius 2 is 2.04 bits per heavy atom. The summed E-state index contributed by atoms with van der Waals surface area (Å²) in [7, 11) is 0. The fourth-order valence-corrected chi connectivity index (χ4v) is 3.45. The molecule has 4 nitrogen and oxygen atoms in total. The summed E-state index contributed by atoms with van der Waals surface area (Å²) in [5.74, 6) is -0.782. The van der Waals surface area contributed by atoms with E-state index >= 15 is 0 Å². The molecule has 1 amide bonds. The molecule has 4 rings (SSSR count). The number of hydrogen-bond acceptors (Lipinski definition) is 4. The zero-order valence-corrected chi connectivity index (χ0v) is 17.5. The van der Waals surface area contributed by atoms with Crippen LogP contribution in [0.2, 0.25) is 0 Å². The standard InChI is InChI=1S/C17H14FN3OS.ClH.2H2S/c1-9-4-5-19-8-12(9)10-2-3-14-15(6-10)23-17(20-14)21-16(22)11-7-13(11)18;;;/h2-6,8,11,13H,7H2,1H3,(H,20,21,22);1H;2*1H2/t11-,13+;;;/m1.../s1. The molecule has 0 spiro atoms. The minimum absolute atomic E-state index is 0. The van der Waals surface area contributed by atoms with Gasteiger partial charge in [-0.15, -0.1) is 12.4 Å². The van der Waals surface area contributed by atoms with Crippen LogP contribution in [0.4, 0.5) is 9.52 Å². The Hall–Kier alpha value is -1.35. The number of nitrogens with zero attached hydrogens (tertiary/aromatic N) is 2. The number of aromatic nitrogens is 2. The summed E-state index contributed by atoms with van der Waals surface area (Å²) in [6.45, 7) is 2.04. The number of thiazole rings is 1. The molecule has 26 heavy (non-hydrogen) atoms. The van der Waals surface area contributed by atoms with Crippen molar-refractivity contribution < 1.29 is 9.18 Å². The molecule has 9 heteroatoms. The molecule has 140 valence electrons. The average molecular weight is 432 g/mol. The number of pyridine rings is 1. The fraction of sp³-hybridized carbons (Fsp3) is 0.235. The van der Waals surface area contributed by atoms with Gasteiger partial charge in [0.2, 0.25) is 5.91 Å². The number of rotatable bonds is 3. The Balaban J connectivity index is 0.00000113. The van der Waals surface area contributed by atoms with Gasteiger partial charge < -0.3 is 5.32 Å². The highest BCUT2D eigenvalue weighted by Gasteiger charge is 2.43. The lowest BCUT2D eigenvalue weighted by molar-refractivity contribution is -0.117. The minimum Gasteiger partial charge on any atom is -0.302 e. The summed E-state index contributed by atoms with van der Waals surface area (Å²) >= 11 is 1.40. The SMILES string of the molecule is Cc1ccncc1-c1ccc2nc(NC(=O)[C@@H]3C[C@@H]3F)sc2c1.Cl.S.S. The lowest BCUT2D eigenvalue weighted by atomic mass is 10.0. The number of carbonyl (C=O) groups is 1. The van der Waals surface area contributed by atoms with Crippen LogP contribution in [0.3, 0.4) is 0 Å². The number of benzene rings is 1. The number of hydrogen-bond donors (Lipinski definition) is 1. The van der Waals surface area contributed by atoms with E-state index < -0.39 is 12.1 Å². The predicted octanol–water partition coefficient (Wildman–Crippen LogP) is 4.61. The highest BCUT2D eigenvalue weighted by molar-refractivity contribution is 7.59. The van der Waals surface area contributed by atoms with Gasteiger partial charge in [0.05, 0.1) is 16.1 Å². The van der Waals surface area contributed by atoms with Crippen molar-refractivity contribution in [2.45, 2.75) is 19.5 Å². The van der Waals surface area contributed by atoms with Crippen molar-refractivity contribution in [1.29, 1.82) is 0 Å². The Kier molecular flexibility index (Phi) is 7.88. The molecule has 1 fully saturated rings. The van der Waals surface area contributed by atoms with E-state index in [0.717, 1.165) is 26.9 Å². The molecule has 1 aromatic carbocycles. The van der Waals surface area contributed by atoms with Gasteiger partial charge in [-0.3, -0.25) is 9.78 Å².